The van der Waals surface area contributed by atoms with Crippen LogP contribution in [0, 0.1) is 5.92 Å². The van der Waals surface area contributed by atoms with Gasteiger partial charge in [-0.25, -0.2) is 0 Å². The summed E-state index contributed by atoms with van der Waals surface area (Å²) in [4.78, 5) is 11.8. The summed E-state index contributed by atoms with van der Waals surface area (Å²) in [5.41, 5.74) is 6.55. The van der Waals surface area contributed by atoms with Gasteiger partial charge in [0.05, 0.1) is 11.7 Å². The first-order chi connectivity index (χ1) is 7.91. The van der Waals surface area contributed by atoms with E-state index in [2.05, 4.69) is 21.2 Å². The van der Waals surface area contributed by atoms with Crippen molar-refractivity contribution in [3.05, 3.63) is 28.2 Å². The van der Waals surface area contributed by atoms with Gasteiger partial charge in [0.15, 0.2) is 0 Å². The van der Waals surface area contributed by atoms with E-state index in [4.69, 9.17) is 5.73 Å². The monoisotopic (exact) mass is 300 g/mol. The fraction of sp³-hybridized carbons (Fsp3) is 0.417. The number of carbonyl (C=O) groups excluding carboxylic acids is 1. The number of rotatable bonds is 4. The number of nitrogen functional groups attached to an aromatic ring is 1. The number of hydrogen-bond acceptors (Lipinski definition) is 3. The van der Waals surface area contributed by atoms with E-state index in [1.165, 1.54) is 0 Å². The maximum Gasteiger partial charge on any atom is 0.253 e. The zero-order chi connectivity index (χ0) is 13.0. The Hall–Kier alpha value is -1.07. The number of amides is 1. The standard InChI is InChI=1S/C12H17BrN2O2/c1-7(2)11(16)6-15-12(17)9-5-8(13)3-4-10(9)14/h3-5,7,11,16H,6,14H2,1-2H3,(H,15,17). The minimum atomic E-state index is -0.549. The van der Waals surface area contributed by atoms with Gasteiger partial charge in [0.25, 0.3) is 5.91 Å². The number of aliphatic hydroxyl groups is 1. The quantitative estimate of drug-likeness (QED) is 0.742. The van der Waals surface area contributed by atoms with E-state index in [0.717, 1.165) is 4.47 Å². The van der Waals surface area contributed by atoms with Gasteiger partial charge in [0, 0.05) is 16.7 Å². The summed E-state index contributed by atoms with van der Waals surface area (Å²) < 4.78 is 0.793. The van der Waals surface area contributed by atoms with E-state index in [-0.39, 0.29) is 18.4 Å². The van der Waals surface area contributed by atoms with Gasteiger partial charge in [-0.2, -0.15) is 0 Å². The van der Waals surface area contributed by atoms with Crippen molar-refractivity contribution < 1.29 is 9.90 Å². The van der Waals surface area contributed by atoms with Gasteiger partial charge in [0.1, 0.15) is 0 Å². The van der Waals surface area contributed by atoms with Crippen molar-refractivity contribution in [2.75, 3.05) is 12.3 Å². The van der Waals surface area contributed by atoms with Crippen molar-refractivity contribution in [2.24, 2.45) is 5.92 Å². The molecule has 0 fully saturated rings. The van der Waals surface area contributed by atoms with Crippen molar-refractivity contribution in [3.8, 4) is 0 Å². The van der Waals surface area contributed by atoms with E-state index in [0.29, 0.717) is 11.3 Å². The van der Waals surface area contributed by atoms with Gasteiger partial charge in [-0.05, 0) is 24.1 Å². The second-order valence-electron chi connectivity index (χ2n) is 4.25. The molecule has 0 saturated heterocycles. The first-order valence-electron chi connectivity index (χ1n) is 5.43. The molecular weight excluding hydrogens is 284 g/mol. The zero-order valence-electron chi connectivity index (χ0n) is 9.90. The van der Waals surface area contributed by atoms with Crippen LogP contribution in [0.3, 0.4) is 0 Å². The van der Waals surface area contributed by atoms with Gasteiger partial charge in [-0.15, -0.1) is 0 Å². The number of benzene rings is 1. The molecule has 0 aliphatic heterocycles. The molecule has 0 aliphatic rings. The largest absolute Gasteiger partial charge is 0.398 e. The Labute approximate surface area is 109 Å². The van der Waals surface area contributed by atoms with E-state index in [9.17, 15) is 9.90 Å². The molecule has 4 nitrogen and oxygen atoms in total. The summed E-state index contributed by atoms with van der Waals surface area (Å²) in [6.07, 6.45) is -0.549. The average Bonchev–Trinajstić information content (AvgIpc) is 2.28. The van der Waals surface area contributed by atoms with Crippen LogP contribution in [0.25, 0.3) is 0 Å². The molecule has 5 heteroatoms. The molecule has 1 rings (SSSR count). The topological polar surface area (TPSA) is 75.3 Å². The number of aliphatic hydroxyl groups excluding tert-OH is 1. The molecule has 0 radical (unpaired) electrons. The van der Waals surface area contributed by atoms with E-state index < -0.39 is 6.10 Å². The second-order valence-corrected chi connectivity index (χ2v) is 5.17. The molecule has 1 aromatic carbocycles. The van der Waals surface area contributed by atoms with Crippen LogP contribution in [0.4, 0.5) is 5.69 Å². The molecule has 94 valence electrons. The highest BCUT2D eigenvalue weighted by molar-refractivity contribution is 9.10. The van der Waals surface area contributed by atoms with Crippen molar-refractivity contribution in [1.29, 1.82) is 0 Å². The first kappa shape index (κ1) is 14.0. The molecule has 1 amide bonds. The van der Waals surface area contributed by atoms with Crippen LogP contribution in [-0.4, -0.2) is 23.7 Å². The van der Waals surface area contributed by atoms with Crippen LogP contribution in [0.5, 0.6) is 0 Å². The molecular formula is C12H17BrN2O2. The lowest BCUT2D eigenvalue weighted by Gasteiger charge is -2.15. The van der Waals surface area contributed by atoms with Gasteiger partial charge < -0.3 is 16.2 Å². The SMILES string of the molecule is CC(C)C(O)CNC(=O)c1cc(Br)ccc1N. The zero-order valence-corrected chi connectivity index (χ0v) is 11.5. The minimum Gasteiger partial charge on any atom is -0.398 e. The van der Waals surface area contributed by atoms with Crippen molar-refractivity contribution in [3.63, 3.8) is 0 Å². The summed E-state index contributed by atoms with van der Waals surface area (Å²) in [5.74, 6) is -0.168. The molecule has 0 bridgehead atoms. The number of carbonyl (C=O) groups is 1. The van der Waals surface area contributed by atoms with Gasteiger partial charge in [-0.1, -0.05) is 29.8 Å². The van der Waals surface area contributed by atoms with Gasteiger partial charge in [0.2, 0.25) is 0 Å². The highest BCUT2D eigenvalue weighted by Gasteiger charge is 2.13. The third kappa shape index (κ3) is 4.02. The van der Waals surface area contributed by atoms with E-state index >= 15 is 0 Å². The average molecular weight is 301 g/mol. The lowest BCUT2D eigenvalue weighted by molar-refractivity contribution is 0.0872. The third-order valence-corrected chi connectivity index (χ3v) is 2.99. The summed E-state index contributed by atoms with van der Waals surface area (Å²) in [6, 6.07) is 5.10. The molecule has 1 aromatic rings. The number of anilines is 1. The Morgan fingerprint density at radius 1 is 1.53 bits per heavy atom. The Morgan fingerprint density at radius 3 is 2.76 bits per heavy atom. The predicted molar refractivity (Wildman–Crippen MR) is 71.7 cm³/mol. The van der Waals surface area contributed by atoms with Crippen LogP contribution in [0.2, 0.25) is 0 Å². The number of nitrogens with one attached hydrogen (secondary N) is 1. The van der Waals surface area contributed by atoms with Crippen molar-refractivity contribution in [1.82, 2.24) is 5.32 Å². The lowest BCUT2D eigenvalue weighted by atomic mass is 10.1. The van der Waals surface area contributed by atoms with E-state index in [1.807, 2.05) is 13.8 Å². The second kappa shape index (κ2) is 6.02. The number of halogens is 1. The Kier molecular flexibility index (Phi) is 4.96. The first-order valence-corrected chi connectivity index (χ1v) is 6.22. The van der Waals surface area contributed by atoms with Crippen LogP contribution < -0.4 is 11.1 Å². The fourth-order valence-electron chi connectivity index (χ4n) is 1.25. The number of hydrogen-bond donors (Lipinski definition) is 3. The van der Waals surface area contributed by atoms with Gasteiger partial charge in [-0.3, -0.25) is 4.79 Å². The highest BCUT2D eigenvalue weighted by Crippen LogP contribution is 2.18. The number of nitrogens with two attached hydrogens (primary N) is 1. The molecule has 0 aliphatic carbocycles. The molecule has 1 unspecified atom stereocenters. The highest BCUT2D eigenvalue weighted by atomic mass is 79.9. The third-order valence-electron chi connectivity index (χ3n) is 2.50. The molecule has 17 heavy (non-hydrogen) atoms. The Morgan fingerprint density at radius 2 is 2.18 bits per heavy atom. The molecule has 0 aromatic heterocycles. The Balaban J connectivity index is 2.67. The fourth-order valence-corrected chi connectivity index (χ4v) is 1.61. The Bertz CT molecular complexity index is 407. The normalized spacial score (nSPS) is 12.5. The molecule has 1 atom stereocenters. The summed E-state index contributed by atoms with van der Waals surface area (Å²) >= 11 is 3.28. The van der Waals surface area contributed by atoms with Crippen LogP contribution in [0.1, 0.15) is 24.2 Å². The summed E-state index contributed by atoms with van der Waals surface area (Å²) in [5, 5.41) is 12.2. The van der Waals surface area contributed by atoms with Crippen molar-refractivity contribution in [2.45, 2.75) is 20.0 Å². The summed E-state index contributed by atoms with van der Waals surface area (Å²) in [6.45, 7) is 4.01. The predicted octanol–water partition coefficient (Wildman–Crippen LogP) is 1.78. The van der Waals surface area contributed by atoms with Crippen molar-refractivity contribution >= 4 is 27.5 Å². The maximum absolute atomic E-state index is 11.8. The summed E-state index contributed by atoms with van der Waals surface area (Å²) in [7, 11) is 0. The molecule has 0 spiro atoms. The lowest BCUT2D eigenvalue weighted by Crippen LogP contribution is -2.35. The van der Waals surface area contributed by atoms with Crippen LogP contribution >= 0.6 is 15.9 Å². The molecule has 0 heterocycles. The molecule has 0 saturated carbocycles. The maximum atomic E-state index is 11.8. The van der Waals surface area contributed by atoms with E-state index in [1.54, 1.807) is 18.2 Å². The van der Waals surface area contributed by atoms with Crippen LogP contribution in [-0.2, 0) is 0 Å². The van der Waals surface area contributed by atoms with Crippen LogP contribution in [0.15, 0.2) is 22.7 Å². The molecule has 4 N–H and O–H groups in total. The minimum absolute atomic E-state index is 0.107. The van der Waals surface area contributed by atoms with Gasteiger partial charge >= 0.3 is 0 Å². The smallest absolute Gasteiger partial charge is 0.253 e.